The van der Waals surface area contributed by atoms with E-state index in [1.807, 2.05) is 0 Å². The van der Waals surface area contributed by atoms with Crippen molar-refractivity contribution in [1.29, 1.82) is 0 Å². The Kier molecular flexibility index (Phi) is 4.03. The first-order valence-corrected chi connectivity index (χ1v) is 12.5. The van der Waals surface area contributed by atoms with E-state index >= 15 is 0 Å². The molecule has 0 aromatic heterocycles. The SMILES string of the molecule is c1cc2ccc3cccc4ccc(c1)c2c34.c1ccc2c(c1)c1cccc3ccc4cccc2c4c31. The third-order valence-corrected chi connectivity index (χ3v) is 7.79. The van der Waals surface area contributed by atoms with Crippen LogP contribution in [-0.2, 0) is 0 Å². The molecule has 9 aromatic carbocycles. The summed E-state index contributed by atoms with van der Waals surface area (Å²) in [5.41, 5.74) is 0. The largest absolute Gasteiger partial charge is 0.0616 e. The van der Waals surface area contributed by atoms with E-state index in [1.54, 1.807) is 0 Å². The van der Waals surface area contributed by atoms with Crippen LogP contribution in [0.25, 0.3) is 75.4 Å². The van der Waals surface area contributed by atoms with Gasteiger partial charge in [0.05, 0.1) is 0 Å². The third kappa shape index (κ3) is 2.70. The average Bonchev–Trinajstić information content (AvgIpc) is 2.96. The van der Waals surface area contributed by atoms with Gasteiger partial charge in [-0.15, -0.1) is 0 Å². The maximum atomic E-state index is 2.25. The fourth-order valence-electron chi connectivity index (χ4n) is 6.23. The van der Waals surface area contributed by atoms with Crippen molar-refractivity contribution >= 4 is 75.4 Å². The highest BCUT2D eigenvalue weighted by Crippen LogP contribution is 2.40. The summed E-state index contributed by atoms with van der Waals surface area (Å²) in [6.07, 6.45) is 0. The van der Waals surface area contributed by atoms with Gasteiger partial charge in [0.1, 0.15) is 0 Å². The van der Waals surface area contributed by atoms with Crippen LogP contribution in [0.2, 0.25) is 0 Å². The van der Waals surface area contributed by atoms with Crippen LogP contribution >= 0.6 is 0 Å². The molecule has 0 bridgehead atoms. The van der Waals surface area contributed by atoms with E-state index in [9.17, 15) is 0 Å². The van der Waals surface area contributed by atoms with E-state index in [-0.39, 0.29) is 0 Å². The van der Waals surface area contributed by atoms with Crippen LogP contribution in [0.4, 0.5) is 0 Å². The van der Waals surface area contributed by atoms with Gasteiger partial charge in [0.2, 0.25) is 0 Å². The molecule has 0 amide bonds. The molecule has 0 heterocycles. The Morgan fingerprint density at radius 3 is 0.833 bits per heavy atom. The molecule has 9 rings (SSSR count). The second kappa shape index (κ2) is 7.41. The smallest absolute Gasteiger partial charge is 0.00203 e. The zero-order chi connectivity index (χ0) is 23.6. The van der Waals surface area contributed by atoms with E-state index in [4.69, 9.17) is 0 Å². The van der Waals surface area contributed by atoms with Gasteiger partial charge in [-0.2, -0.15) is 0 Å². The molecule has 0 aliphatic heterocycles. The lowest BCUT2D eigenvalue weighted by atomic mass is 9.89. The molecule has 0 nitrogen and oxygen atoms in total. The summed E-state index contributed by atoms with van der Waals surface area (Å²) in [5.74, 6) is 0. The minimum Gasteiger partial charge on any atom is -0.0616 e. The van der Waals surface area contributed by atoms with Gasteiger partial charge in [0.25, 0.3) is 0 Å². The van der Waals surface area contributed by atoms with Gasteiger partial charge in [-0.3, -0.25) is 0 Å². The highest BCUT2D eigenvalue weighted by atomic mass is 14.1. The Bertz CT molecular complexity index is 1980. The predicted molar refractivity (Wildman–Crippen MR) is 158 cm³/mol. The molecule has 0 aliphatic rings. The quantitative estimate of drug-likeness (QED) is 0.158. The summed E-state index contributed by atoms with van der Waals surface area (Å²) in [5, 5.41) is 19.0. The minimum absolute atomic E-state index is 1.33. The van der Waals surface area contributed by atoms with Gasteiger partial charge in [0, 0.05) is 0 Å². The van der Waals surface area contributed by atoms with Crippen LogP contribution in [0.15, 0.2) is 133 Å². The van der Waals surface area contributed by atoms with Crippen molar-refractivity contribution in [2.75, 3.05) is 0 Å². The molecule has 166 valence electrons. The average molecular weight is 455 g/mol. The molecule has 0 spiro atoms. The van der Waals surface area contributed by atoms with Crippen LogP contribution in [0.5, 0.6) is 0 Å². The van der Waals surface area contributed by atoms with Crippen molar-refractivity contribution in [3.63, 3.8) is 0 Å². The van der Waals surface area contributed by atoms with Gasteiger partial charge in [-0.1, -0.05) is 133 Å². The van der Waals surface area contributed by atoms with Crippen LogP contribution in [0, 0.1) is 0 Å². The lowest BCUT2D eigenvalue weighted by Gasteiger charge is -2.14. The first-order chi connectivity index (χ1) is 17.9. The van der Waals surface area contributed by atoms with Gasteiger partial charge in [-0.25, -0.2) is 0 Å². The van der Waals surface area contributed by atoms with Crippen molar-refractivity contribution in [3.05, 3.63) is 133 Å². The molecule has 0 N–H and O–H groups in total. The van der Waals surface area contributed by atoms with Crippen LogP contribution in [0.3, 0.4) is 0 Å². The summed E-state index contributed by atoms with van der Waals surface area (Å²) >= 11 is 0. The molecule has 36 heavy (non-hydrogen) atoms. The first-order valence-electron chi connectivity index (χ1n) is 12.5. The number of fused-ring (bicyclic) bond motifs is 3. The number of benzene rings is 9. The van der Waals surface area contributed by atoms with Crippen LogP contribution in [0.1, 0.15) is 0 Å². The van der Waals surface area contributed by atoms with Crippen molar-refractivity contribution in [2.24, 2.45) is 0 Å². The standard InChI is InChI=1S/C20H12.C16H10/c1-2-8-16-15(7-1)17-9-3-5-13-11-12-14-6-4-10-18(16)20(14)19(13)17;1-3-11-7-9-13-5-2-6-14-10-8-12(4-1)15(11)16(13)14/h1-12H;1-10H. The first kappa shape index (κ1) is 19.6. The minimum atomic E-state index is 1.33. The van der Waals surface area contributed by atoms with Crippen LogP contribution in [-0.4, -0.2) is 0 Å². The molecular weight excluding hydrogens is 432 g/mol. The maximum Gasteiger partial charge on any atom is -0.00203 e. The summed E-state index contributed by atoms with van der Waals surface area (Å²) in [4.78, 5) is 0. The summed E-state index contributed by atoms with van der Waals surface area (Å²) in [6.45, 7) is 0. The molecular formula is C36H22. The number of hydrogen-bond donors (Lipinski definition) is 0. The van der Waals surface area contributed by atoms with Crippen molar-refractivity contribution in [2.45, 2.75) is 0 Å². The molecule has 0 aliphatic carbocycles. The van der Waals surface area contributed by atoms with Gasteiger partial charge in [0.15, 0.2) is 0 Å². The molecule has 9 aromatic rings. The third-order valence-electron chi connectivity index (χ3n) is 7.79. The summed E-state index contributed by atoms with van der Waals surface area (Å²) in [6, 6.07) is 48.3. The molecule has 0 saturated carbocycles. The number of rotatable bonds is 0. The molecule has 0 fully saturated rings. The van der Waals surface area contributed by atoms with Crippen molar-refractivity contribution < 1.29 is 0 Å². The fourth-order valence-corrected chi connectivity index (χ4v) is 6.23. The monoisotopic (exact) mass is 454 g/mol. The highest BCUT2D eigenvalue weighted by Gasteiger charge is 2.12. The lowest BCUT2D eigenvalue weighted by molar-refractivity contribution is 1.78. The van der Waals surface area contributed by atoms with Gasteiger partial charge >= 0.3 is 0 Å². The van der Waals surface area contributed by atoms with E-state index in [1.165, 1.54) is 75.4 Å². The van der Waals surface area contributed by atoms with E-state index < -0.39 is 0 Å². The molecule has 0 unspecified atom stereocenters. The second-order valence-corrected chi connectivity index (χ2v) is 9.71. The fraction of sp³-hybridized carbons (Fsp3) is 0. The Balaban J connectivity index is 0.000000117. The Morgan fingerprint density at radius 1 is 0.194 bits per heavy atom. The zero-order valence-corrected chi connectivity index (χ0v) is 19.7. The summed E-state index contributed by atoms with van der Waals surface area (Å²) < 4.78 is 0. The van der Waals surface area contributed by atoms with Gasteiger partial charge in [-0.05, 0) is 75.4 Å². The highest BCUT2D eigenvalue weighted by molar-refractivity contribution is 6.33. The van der Waals surface area contributed by atoms with Crippen LogP contribution < -0.4 is 0 Å². The van der Waals surface area contributed by atoms with E-state index in [0.717, 1.165) is 0 Å². The normalized spacial score (nSPS) is 11.9. The Morgan fingerprint density at radius 2 is 0.472 bits per heavy atom. The van der Waals surface area contributed by atoms with Crippen molar-refractivity contribution in [1.82, 2.24) is 0 Å². The Hall–Kier alpha value is -4.68. The molecule has 0 radical (unpaired) electrons. The summed E-state index contributed by atoms with van der Waals surface area (Å²) in [7, 11) is 0. The molecule has 0 heteroatoms. The topological polar surface area (TPSA) is 0 Å². The molecule has 0 atom stereocenters. The molecule has 0 saturated heterocycles. The van der Waals surface area contributed by atoms with Crippen molar-refractivity contribution in [3.8, 4) is 0 Å². The second-order valence-electron chi connectivity index (χ2n) is 9.71. The van der Waals surface area contributed by atoms with E-state index in [0.29, 0.717) is 0 Å². The van der Waals surface area contributed by atoms with E-state index in [2.05, 4.69) is 133 Å². The Labute approximate surface area is 208 Å². The lowest BCUT2D eigenvalue weighted by Crippen LogP contribution is -1.86. The van der Waals surface area contributed by atoms with Gasteiger partial charge < -0.3 is 0 Å². The predicted octanol–water partition coefficient (Wildman–Crippen LogP) is 10.3. The zero-order valence-electron chi connectivity index (χ0n) is 19.7. The number of hydrogen-bond acceptors (Lipinski definition) is 0. The maximum absolute atomic E-state index is 2.25.